The fraction of sp³-hybridized carbons (Fsp3) is 0.471. The summed E-state index contributed by atoms with van der Waals surface area (Å²) in [5.41, 5.74) is -0.403. The second-order valence-electron chi connectivity index (χ2n) is 7.05. The van der Waals surface area contributed by atoms with Crippen LogP contribution >= 0.6 is 0 Å². The number of carbonyl (C=O) groups excluding carboxylic acids is 1. The van der Waals surface area contributed by atoms with Gasteiger partial charge in [-0.05, 0) is 13.0 Å². The zero-order valence-corrected chi connectivity index (χ0v) is 14.3. The van der Waals surface area contributed by atoms with Crippen LogP contribution in [0.3, 0.4) is 0 Å². The van der Waals surface area contributed by atoms with E-state index in [0.29, 0.717) is 43.0 Å². The highest BCUT2D eigenvalue weighted by molar-refractivity contribution is 5.75. The van der Waals surface area contributed by atoms with Crippen molar-refractivity contribution in [1.29, 1.82) is 0 Å². The van der Waals surface area contributed by atoms with E-state index in [0.717, 1.165) is 4.68 Å². The number of carbonyl (C=O) groups is 1. The monoisotopic (exact) mass is 358 g/mol. The number of nitrogens with one attached hydrogen (secondary N) is 2. The first-order valence-corrected chi connectivity index (χ1v) is 8.55. The number of halogens is 1. The van der Waals surface area contributed by atoms with Gasteiger partial charge < -0.3 is 10.6 Å². The van der Waals surface area contributed by atoms with Crippen LogP contribution in [-0.4, -0.2) is 43.4 Å². The summed E-state index contributed by atoms with van der Waals surface area (Å²) in [6.45, 7) is 2.15. The first kappa shape index (κ1) is 16.6. The first-order chi connectivity index (χ1) is 12.4. The Labute approximate surface area is 148 Å². The smallest absolute Gasteiger partial charge is 0.267 e. The zero-order chi connectivity index (χ0) is 18.4. The van der Waals surface area contributed by atoms with Crippen LogP contribution in [0.4, 0.5) is 10.3 Å². The van der Waals surface area contributed by atoms with Crippen molar-refractivity contribution in [3.8, 4) is 11.3 Å². The van der Waals surface area contributed by atoms with Crippen molar-refractivity contribution in [1.82, 2.24) is 25.1 Å². The summed E-state index contributed by atoms with van der Waals surface area (Å²) in [5, 5.41) is 10.0. The Morgan fingerprint density at radius 2 is 1.96 bits per heavy atom. The predicted octanol–water partition coefficient (Wildman–Crippen LogP) is 0.893. The van der Waals surface area contributed by atoms with Crippen LogP contribution in [0, 0.1) is 0 Å². The number of alkyl halides is 1. The lowest BCUT2D eigenvalue weighted by molar-refractivity contribution is -0.137. The van der Waals surface area contributed by atoms with Crippen molar-refractivity contribution < 1.29 is 9.18 Å². The van der Waals surface area contributed by atoms with Crippen LogP contribution in [0.5, 0.6) is 0 Å². The van der Waals surface area contributed by atoms with Gasteiger partial charge in [0.25, 0.3) is 5.56 Å². The molecule has 2 aromatic heterocycles. The van der Waals surface area contributed by atoms with Gasteiger partial charge in [-0.3, -0.25) is 9.59 Å². The average molecular weight is 358 g/mol. The quantitative estimate of drug-likeness (QED) is 0.795. The Bertz CT molecular complexity index is 890. The maximum Gasteiger partial charge on any atom is 0.267 e. The minimum atomic E-state index is -0.978. The molecule has 2 aromatic rings. The lowest BCUT2D eigenvalue weighted by atomic mass is 9.47. The SMILES string of the molecule is CCNC(=O)Cn1nc(-c2cnc(NC34CC(F)(C3)C4)nc2)ccc1=O. The molecule has 0 aromatic carbocycles. The fourth-order valence-electron chi connectivity index (χ4n) is 3.66. The second kappa shape index (κ2) is 5.86. The zero-order valence-electron chi connectivity index (χ0n) is 14.3. The number of nitrogens with zero attached hydrogens (tertiary/aromatic N) is 4. The van der Waals surface area contributed by atoms with E-state index in [-0.39, 0.29) is 23.6 Å². The van der Waals surface area contributed by atoms with E-state index in [9.17, 15) is 14.0 Å². The van der Waals surface area contributed by atoms with Crippen molar-refractivity contribution in [2.45, 2.75) is 43.9 Å². The lowest BCUT2D eigenvalue weighted by Crippen LogP contribution is -2.73. The summed E-state index contributed by atoms with van der Waals surface area (Å²) in [4.78, 5) is 32.1. The lowest BCUT2D eigenvalue weighted by Gasteiger charge is -2.65. The molecule has 0 atom stereocenters. The van der Waals surface area contributed by atoms with Gasteiger partial charge in [-0.2, -0.15) is 5.10 Å². The molecule has 1 amide bonds. The number of hydrogen-bond donors (Lipinski definition) is 2. The van der Waals surface area contributed by atoms with Crippen molar-refractivity contribution in [2.24, 2.45) is 0 Å². The maximum atomic E-state index is 13.6. The van der Waals surface area contributed by atoms with Crippen LogP contribution in [0.25, 0.3) is 11.3 Å². The summed E-state index contributed by atoms with van der Waals surface area (Å²) in [5.74, 6) is 0.172. The molecule has 0 aliphatic heterocycles. The predicted molar refractivity (Wildman–Crippen MR) is 92.3 cm³/mol. The van der Waals surface area contributed by atoms with Crippen molar-refractivity contribution in [3.63, 3.8) is 0 Å². The van der Waals surface area contributed by atoms with Crippen LogP contribution < -0.4 is 16.2 Å². The Morgan fingerprint density at radius 3 is 2.58 bits per heavy atom. The number of aromatic nitrogens is 4. The van der Waals surface area contributed by atoms with Gasteiger partial charge in [0.2, 0.25) is 11.9 Å². The van der Waals surface area contributed by atoms with Gasteiger partial charge in [-0.1, -0.05) is 0 Å². The maximum absolute atomic E-state index is 13.6. The summed E-state index contributed by atoms with van der Waals surface area (Å²) in [7, 11) is 0. The molecule has 5 rings (SSSR count). The summed E-state index contributed by atoms with van der Waals surface area (Å²) in [6, 6.07) is 2.92. The molecule has 0 saturated heterocycles. The molecular weight excluding hydrogens is 339 g/mol. The Hall–Kier alpha value is -2.84. The van der Waals surface area contributed by atoms with Crippen LogP contribution in [0.2, 0.25) is 0 Å². The Kier molecular flexibility index (Phi) is 3.74. The largest absolute Gasteiger partial charge is 0.355 e. The molecule has 3 saturated carbocycles. The van der Waals surface area contributed by atoms with Gasteiger partial charge in [-0.25, -0.2) is 19.0 Å². The molecule has 8 nitrogen and oxygen atoms in total. The molecule has 9 heteroatoms. The van der Waals surface area contributed by atoms with Crippen LogP contribution in [-0.2, 0) is 11.3 Å². The molecule has 2 heterocycles. The molecule has 3 aliphatic rings. The summed E-state index contributed by atoms with van der Waals surface area (Å²) >= 11 is 0. The summed E-state index contributed by atoms with van der Waals surface area (Å²) < 4.78 is 14.7. The van der Waals surface area contributed by atoms with E-state index in [1.165, 1.54) is 6.07 Å². The average Bonchev–Trinajstić information content (AvgIpc) is 2.55. The van der Waals surface area contributed by atoms with Crippen molar-refractivity contribution in [3.05, 3.63) is 34.9 Å². The third-order valence-electron chi connectivity index (χ3n) is 4.82. The van der Waals surface area contributed by atoms with Gasteiger partial charge in [0.15, 0.2) is 0 Å². The highest BCUT2D eigenvalue weighted by Gasteiger charge is 2.69. The van der Waals surface area contributed by atoms with Gasteiger partial charge >= 0.3 is 0 Å². The molecule has 0 unspecified atom stereocenters. The van der Waals surface area contributed by atoms with Gasteiger partial charge in [-0.15, -0.1) is 0 Å². The minimum Gasteiger partial charge on any atom is -0.355 e. The van der Waals surface area contributed by atoms with Gasteiger partial charge in [0, 0.05) is 55.4 Å². The Morgan fingerprint density at radius 1 is 1.27 bits per heavy atom. The highest BCUT2D eigenvalue weighted by Crippen LogP contribution is 2.64. The van der Waals surface area contributed by atoms with E-state index in [1.54, 1.807) is 25.4 Å². The number of anilines is 1. The fourth-order valence-corrected chi connectivity index (χ4v) is 3.66. The minimum absolute atomic E-state index is 0.144. The molecule has 3 aliphatic carbocycles. The molecular formula is C17H19FN6O2. The standard InChI is InChI=1S/C17H19FN6O2/c1-2-19-13(25)7-24-14(26)4-3-12(23-24)11-5-20-15(21-6-11)22-17-8-16(18,9-17)10-17/h3-6H,2,7-10H2,1H3,(H,19,25)(H,20,21,22). The van der Waals surface area contributed by atoms with Crippen LogP contribution in [0.1, 0.15) is 26.2 Å². The van der Waals surface area contributed by atoms with E-state index in [4.69, 9.17) is 0 Å². The van der Waals surface area contributed by atoms with Crippen LogP contribution in [0.15, 0.2) is 29.3 Å². The Balaban J connectivity index is 1.48. The number of hydrogen-bond acceptors (Lipinski definition) is 6. The van der Waals surface area contributed by atoms with E-state index in [1.807, 2.05) is 0 Å². The van der Waals surface area contributed by atoms with Gasteiger partial charge in [0.1, 0.15) is 12.2 Å². The number of likely N-dealkylation sites (N-methyl/N-ethyl adjacent to an activating group) is 1. The second-order valence-corrected chi connectivity index (χ2v) is 7.05. The molecule has 0 radical (unpaired) electrons. The molecule has 26 heavy (non-hydrogen) atoms. The molecule has 0 spiro atoms. The van der Waals surface area contributed by atoms with Gasteiger partial charge in [0.05, 0.1) is 5.69 Å². The number of rotatable bonds is 6. The molecule has 3 fully saturated rings. The van der Waals surface area contributed by atoms with Crippen molar-refractivity contribution in [2.75, 3.05) is 11.9 Å². The third kappa shape index (κ3) is 2.93. The third-order valence-corrected chi connectivity index (χ3v) is 4.82. The van der Waals surface area contributed by atoms with E-state index < -0.39 is 5.67 Å². The van der Waals surface area contributed by atoms with Crippen molar-refractivity contribution >= 4 is 11.9 Å². The number of amides is 1. The summed E-state index contributed by atoms with van der Waals surface area (Å²) in [6.07, 6.45) is 4.72. The normalized spacial score (nSPS) is 25.8. The molecule has 136 valence electrons. The van der Waals surface area contributed by atoms with E-state index in [2.05, 4.69) is 25.7 Å². The topological polar surface area (TPSA) is 102 Å². The molecule has 2 bridgehead atoms. The molecule has 2 N–H and O–H groups in total. The highest BCUT2D eigenvalue weighted by atomic mass is 19.1. The first-order valence-electron chi connectivity index (χ1n) is 8.55. The van der Waals surface area contributed by atoms with E-state index >= 15 is 0 Å².